The van der Waals surface area contributed by atoms with E-state index in [9.17, 15) is 4.39 Å². The molecule has 2 aliphatic heterocycles. The summed E-state index contributed by atoms with van der Waals surface area (Å²) >= 11 is 3.45. The van der Waals surface area contributed by atoms with Gasteiger partial charge in [-0.25, -0.2) is 4.39 Å². The maximum atomic E-state index is 13.0. The molecule has 0 spiro atoms. The number of rotatable bonds is 2. The van der Waals surface area contributed by atoms with Crippen LogP contribution in [0.3, 0.4) is 0 Å². The smallest absolute Gasteiger partial charge is 0.124 e. The zero-order chi connectivity index (χ0) is 12.5. The monoisotopic (exact) mass is 312 g/mol. The first kappa shape index (κ1) is 12.6. The Balaban J connectivity index is 1.66. The third-order valence-corrected chi connectivity index (χ3v) is 4.82. The fraction of sp³-hybridized carbons (Fsp3) is 0.571. The molecule has 0 bridgehead atoms. The molecule has 2 saturated heterocycles. The molecule has 2 heterocycles. The molecule has 2 nitrogen and oxygen atoms in total. The molecular formula is C14H18BrFN2. The van der Waals surface area contributed by atoms with Gasteiger partial charge < -0.3 is 5.32 Å². The van der Waals surface area contributed by atoms with Crippen LogP contribution in [0.25, 0.3) is 0 Å². The number of benzene rings is 1. The molecule has 2 atom stereocenters. The van der Waals surface area contributed by atoms with Crippen LogP contribution >= 0.6 is 15.9 Å². The Morgan fingerprint density at radius 3 is 3.06 bits per heavy atom. The molecular weight excluding hydrogens is 295 g/mol. The van der Waals surface area contributed by atoms with Crippen molar-refractivity contribution < 1.29 is 4.39 Å². The number of piperidine rings is 1. The minimum atomic E-state index is -0.178. The van der Waals surface area contributed by atoms with Crippen molar-refractivity contribution in [1.29, 1.82) is 0 Å². The van der Waals surface area contributed by atoms with Gasteiger partial charge in [-0.1, -0.05) is 22.0 Å². The lowest BCUT2D eigenvalue weighted by Gasteiger charge is -2.24. The molecule has 2 aliphatic rings. The SMILES string of the molecule is Fc1ccc(CN2CC3CCCNC3C2)c(Br)c1. The number of nitrogens with zero attached hydrogens (tertiary/aromatic N) is 1. The Hall–Kier alpha value is -0.450. The number of hydrogen-bond acceptors (Lipinski definition) is 2. The summed E-state index contributed by atoms with van der Waals surface area (Å²) in [6.07, 6.45) is 2.65. The fourth-order valence-electron chi connectivity index (χ4n) is 3.16. The van der Waals surface area contributed by atoms with E-state index in [1.165, 1.54) is 24.9 Å². The van der Waals surface area contributed by atoms with Gasteiger partial charge in [0.25, 0.3) is 0 Å². The Morgan fingerprint density at radius 1 is 1.39 bits per heavy atom. The number of likely N-dealkylation sites (tertiary alicyclic amines) is 1. The van der Waals surface area contributed by atoms with Crippen LogP contribution in [0, 0.1) is 11.7 Å². The Bertz CT molecular complexity index is 424. The molecule has 2 unspecified atom stereocenters. The molecule has 2 fully saturated rings. The van der Waals surface area contributed by atoms with Gasteiger partial charge in [-0.05, 0) is 43.0 Å². The molecule has 18 heavy (non-hydrogen) atoms. The van der Waals surface area contributed by atoms with Gasteiger partial charge in [0.1, 0.15) is 5.82 Å². The lowest BCUT2D eigenvalue weighted by molar-refractivity contribution is 0.312. The third kappa shape index (κ3) is 2.60. The number of fused-ring (bicyclic) bond motifs is 1. The van der Waals surface area contributed by atoms with E-state index in [2.05, 4.69) is 26.1 Å². The van der Waals surface area contributed by atoms with Gasteiger partial charge in [0.2, 0.25) is 0 Å². The van der Waals surface area contributed by atoms with Crippen molar-refractivity contribution in [2.45, 2.75) is 25.4 Å². The van der Waals surface area contributed by atoms with Crippen LogP contribution in [0.5, 0.6) is 0 Å². The molecule has 0 radical (unpaired) electrons. The molecule has 98 valence electrons. The summed E-state index contributed by atoms with van der Waals surface area (Å²) in [4.78, 5) is 2.48. The molecule has 4 heteroatoms. The van der Waals surface area contributed by atoms with Crippen molar-refractivity contribution in [2.24, 2.45) is 5.92 Å². The third-order valence-electron chi connectivity index (χ3n) is 4.08. The van der Waals surface area contributed by atoms with Gasteiger partial charge in [-0.2, -0.15) is 0 Å². The van der Waals surface area contributed by atoms with Crippen molar-refractivity contribution in [3.63, 3.8) is 0 Å². The fourth-order valence-corrected chi connectivity index (χ4v) is 3.63. The highest BCUT2D eigenvalue weighted by Gasteiger charge is 2.34. The van der Waals surface area contributed by atoms with Crippen LogP contribution in [-0.4, -0.2) is 30.6 Å². The lowest BCUT2D eigenvalue weighted by atomic mass is 9.94. The van der Waals surface area contributed by atoms with Crippen LogP contribution in [-0.2, 0) is 6.54 Å². The quantitative estimate of drug-likeness (QED) is 0.903. The first-order valence-electron chi connectivity index (χ1n) is 6.62. The molecule has 1 aromatic rings. The predicted molar refractivity (Wildman–Crippen MR) is 73.9 cm³/mol. The van der Waals surface area contributed by atoms with Crippen LogP contribution in [0.15, 0.2) is 22.7 Å². The Labute approximate surface area is 116 Å². The first-order valence-corrected chi connectivity index (χ1v) is 7.41. The summed E-state index contributed by atoms with van der Waals surface area (Å²) < 4.78 is 13.9. The average Bonchev–Trinajstić information content (AvgIpc) is 2.75. The summed E-state index contributed by atoms with van der Waals surface area (Å²) in [5.41, 5.74) is 1.18. The highest BCUT2D eigenvalue weighted by molar-refractivity contribution is 9.10. The Kier molecular flexibility index (Phi) is 3.68. The van der Waals surface area contributed by atoms with Crippen LogP contribution in [0.4, 0.5) is 4.39 Å². The number of halogens is 2. The molecule has 0 amide bonds. The van der Waals surface area contributed by atoms with E-state index >= 15 is 0 Å². The van der Waals surface area contributed by atoms with Crippen LogP contribution < -0.4 is 5.32 Å². The van der Waals surface area contributed by atoms with Crippen molar-refractivity contribution in [3.05, 3.63) is 34.1 Å². The average molecular weight is 313 g/mol. The van der Waals surface area contributed by atoms with Gasteiger partial charge in [0, 0.05) is 30.1 Å². The van der Waals surface area contributed by atoms with Gasteiger partial charge in [0.15, 0.2) is 0 Å². The molecule has 1 N–H and O–H groups in total. The second-order valence-corrected chi connectivity index (χ2v) is 6.25. The minimum Gasteiger partial charge on any atom is -0.312 e. The van der Waals surface area contributed by atoms with Gasteiger partial charge >= 0.3 is 0 Å². The predicted octanol–water partition coefficient (Wildman–Crippen LogP) is 2.77. The summed E-state index contributed by atoms with van der Waals surface area (Å²) in [5, 5.41) is 3.61. The second kappa shape index (κ2) is 5.27. The molecule has 0 saturated carbocycles. The van der Waals surface area contributed by atoms with E-state index < -0.39 is 0 Å². The van der Waals surface area contributed by atoms with E-state index in [1.54, 1.807) is 12.1 Å². The van der Waals surface area contributed by atoms with Crippen molar-refractivity contribution in [2.75, 3.05) is 19.6 Å². The van der Waals surface area contributed by atoms with Crippen molar-refractivity contribution in [1.82, 2.24) is 10.2 Å². The van der Waals surface area contributed by atoms with E-state index in [-0.39, 0.29) is 5.82 Å². The number of hydrogen-bond donors (Lipinski definition) is 1. The second-order valence-electron chi connectivity index (χ2n) is 5.39. The first-order chi connectivity index (χ1) is 8.72. The summed E-state index contributed by atoms with van der Waals surface area (Å²) in [6.45, 7) is 4.36. The van der Waals surface area contributed by atoms with E-state index in [0.29, 0.717) is 6.04 Å². The molecule has 3 rings (SSSR count). The lowest BCUT2D eigenvalue weighted by Crippen LogP contribution is -2.40. The highest BCUT2D eigenvalue weighted by Crippen LogP contribution is 2.27. The van der Waals surface area contributed by atoms with E-state index in [1.807, 2.05) is 6.07 Å². The number of nitrogens with one attached hydrogen (secondary N) is 1. The zero-order valence-electron chi connectivity index (χ0n) is 10.3. The standard InChI is InChI=1S/C14H18BrFN2/c15-13-6-12(16)4-3-10(13)7-18-8-11-2-1-5-17-14(11)9-18/h3-4,6,11,14,17H,1-2,5,7-9H2. The summed E-state index contributed by atoms with van der Waals surface area (Å²) in [7, 11) is 0. The largest absolute Gasteiger partial charge is 0.312 e. The van der Waals surface area contributed by atoms with Gasteiger partial charge in [-0.3, -0.25) is 4.90 Å². The van der Waals surface area contributed by atoms with Crippen molar-refractivity contribution >= 4 is 15.9 Å². The minimum absolute atomic E-state index is 0.178. The van der Waals surface area contributed by atoms with Gasteiger partial charge in [-0.15, -0.1) is 0 Å². The molecule has 1 aromatic carbocycles. The summed E-state index contributed by atoms with van der Waals surface area (Å²) in [6, 6.07) is 5.64. The van der Waals surface area contributed by atoms with Crippen LogP contribution in [0.1, 0.15) is 18.4 Å². The highest BCUT2D eigenvalue weighted by atomic mass is 79.9. The molecule has 0 aliphatic carbocycles. The molecule has 0 aromatic heterocycles. The maximum absolute atomic E-state index is 13.0. The van der Waals surface area contributed by atoms with Gasteiger partial charge in [0.05, 0.1) is 0 Å². The normalized spacial score (nSPS) is 28.3. The van der Waals surface area contributed by atoms with E-state index in [0.717, 1.165) is 30.0 Å². The van der Waals surface area contributed by atoms with Crippen LogP contribution in [0.2, 0.25) is 0 Å². The summed E-state index contributed by atoms with van der Waals surface area (Å²) in [5.74, 6) is 0.625. The Morgan fingerprint density at radius 2 is 2.28 bits per heavy atom. The van der Waals surface area contributed by atoms with E-state index in [4.69, 9.17) is 0 Å². The zero-order valence-corrected chi connectivity index (χ0v) is 11.9. The maximum Gasteiger partial charge on any atom is 0.124 e. The topological polar surface area (TPSA) is 15.3 Å². The van der Waals surface area contributed by atoms with Crippen molar-refractivity contribution in [3.8, 4) is 0 Å².